The van der Waals surface area contributed by atoms with Crippen molar-refractivity contribution in [2.75, 3.05) is 88.5 Å². The van der Waals surface area contributed by atoms with E-state index in [9.17, 15) is 30.7 Å². The van der Waals surface area contributed by atoms with E-state index in [-0.39, 0.29) is 23.2 Å². The zero-order chi connectivity index (χ0) is 81.5. The summed E-state index contributed by atoms with van der Waals surface area (Å²) in [5.41, 5.74) is 12.0. The van der Waals surface area contributed by atoms with Gasteiger partial charge in [0, 0.05) is 150 Å². The number of halogens is 7. The number of methoxy groups -OCH3 is 3. The second kappa shape index (κ2) is 32.5. The van der Waals surface area contributed by atoms with E-state index < -0.39 is 30.0 Å². The predicted molar refractivity (Wildman–Crippen MR) is 431 cm³/mol. The van der Waals surface area contributed by atoms with Crippen molar-refractivity contribution in [3.63, 3.8) is 0 Å². The number of hydrogen-bond donors (Lipinski definition) is 5. The molecule has 0 saturated carbocycles. The first-order valence-corrected chi connectivity index (χ1v) is 38.9. The molecule has 33 heteroatoms. The number of hydrogen-bond acceptors (Lipinski definition) is 20. The number of rotatable bonds is 16. The lowest BCUT2D eigenvalue weighted by molar-refractivity contribution is -0.141. The molecule has 5 N–H and O–H groups in total. The number of piperidine rings is 3. The van der Waals surface area contributed by atoms with Crippen molar-refractivity contribution in [2.45, 2.75) is 102 Å². The van der Waals surface area contributed by atoms with Crippen LogP contribution in [0.3, 0.4) is 0 Å². The van der Waals surface area contributed by atoms with Crippen LogP contribution >= 0.6 is 0 Å². The highest BCUT2D eigenvalue weighted by atomic mass is 19.4. The molecule has 15 heterocycles. The van der Waals surface area contributed by atoms with E-state index in [1.165, 1.54) is 31.4 Å². The Morgan fingerprint density at radius 1 is 0.483 bits per heavy atom. The first-order chi connectivity index (χ1) is 57.2. The van der Waals surface area contributed by atoms with Crippen molar-refractivity contribution in [2.24, 2.45) is 0 Å². The van der Waals surface area contributed by atoms with E-state index in [0.29, 0.717) is 129 Å². The smallest absolute Gasteiger partial charge is 0.433 e. The minimum absolute atomic E-state index is 0.0509. The lowest BCUT2D eigenvalue weighted by Crippen LogP contribution is -2.34. The molecule has 14 aromatic rings. The lowest BCUT2D eigenvalue weighted by Gasteiger charge is -2.32. The molecule has 0 radical (unpaired) electrons. The van der Waals surface area contributed by atoms with Gasteiger partial charge >= 0.3 is 12.4 Å². The van der Waals surface area contributed by atoms with Crippen LogP contribution in [-0.4, -0.2) is 163 Å². The number of fused-ring (bicyclic) bond motifs is 4. The molecule has 3 aromatic carbocycles. The molecule has 4 aliphatic heterocycles. The number of nitrogens with zero attached hydrogens (tertiary/aromatic N) is 16. The maximum Gasteiger partial charge on any atom is 0.433 e. The maximum absolute atomic E-state index is 14.0. The molecule has 5 aliphatic rings. The fraction of sp³-hybridized carbons (Fsp3) is 0.318. The quantitative estimate of drug-likeness (QED) is 0.0562. The summed E-state index contributed by atoms with van der Waals surface area (Å²) < 4.78 is 126. The molecule has 606 valence electrons. The SMILES string of the molecule is COc1cc(-c2cc3c(N4CCC(c5nc(-c6ccc(C)cc6)c(C(F)(F)F)[nH]5)CC4)ncnc3[nH]2)ccn1.COc1cccc(-c2nc(C3CCN(c4ncnc5[nH]c(-c6ccnc(OC)c6)cc45)CC3)[nH]c2C(F)(F)F)c1.Cc1[nH]c(C2CCN(c3ncnc4c3C=C(c3cnn(C(C)F)c3)C4)CC2)nc1-c1ccc2c(c1)OCCO2. The van der Waals surface area contributed by atoms with Gasteiger partial charge in [-0.3, -0.25) is 0 Å². The standard InChI is InChI=1S/C29H30FN7O2.C28H26F3N7O2.C28H26F3N7O/c1-17-27(20-3-4-25-26(13-20)39-10-9-38-25)35-28(34-17)19-5-7-36(8-6-19)29-23-11-21(12-24(23)31-16-32-29)22-14-33-37(15-22)18(2)30;1-39-19-5-3-4-18(12-19)23-24(28(29,30)31)37-25(36-23)16-7-10-38(11-8-16)27-20-14-21(35-26(20)33-15-34-27)17-6-9-32-22(13-17)40-2;1-16-3-5-17(6-4-16)23-24(28(29,30)31)37-25(36-23)18-8-11-38(12-9-18)27-20-14-21(35-26(20)33-15-34-27)19-7-10-32-22(13-19)39-2/h3-4,11,13-16,18-19H,5-10,12H2,1-2H3,(H,34,35);3-6,9,12-16H,7-8,10-11H2,1-2H3,(H,36,37)(H,33,34,35);3-7,10,13-15,18H,8-9,11-12H2,1-2H3,(H,36,37)(H,33,34,35). The van der Waals surface area contributed by atoms with Crippen molar-refractivity contribution in [3.8, 4) is 85.3 Å². The van der Waals surface area contributed by atoms with Crippen LogP contribution in [-0.2, 0) is 18.8 Å². The van der Waals surface area contributed by atoms with Gasteiger partial charge in [-0.15, -0.1) is 0 Å². The van der Waals surface area contributed by atoms with E-state index in [0.717, 1.165) is 139 Å². The monoisotopic (exact) mass is 1610 g/mol. The van der Waals surface area contributed by atoms with Gasteiger partial charge in [-0.2, -0.15) is 31.4 Å². The summed E-state index contributed by atoms with van der Waals surface area (Å²) in [6, 6.07) is 30.9. The third-order valence-corrected chi connectivity index (χ3v) is 22.2. The number of H-pyrrole nitrogens is 5. The van der Waals surface area contributed by atoms with E-state index in [1.807, 2.05) is 61.5 Å². The summed E-state index contributed by atoms with van der Waals surface area (Å²) in [5.74, 6) is 7.40. The van der Waals surface area contributed by atoms with Crippen LogP contribution in [0.4, 0.5) is 48.2 Å². The van der Waals surface area contributed by atoms with Crippen LogP contribution in [0.15, 0.2) is 147 Å². The van der Waals surface area contributed by atoms with Gasteiger partial charge in [-0.25, -0.2) is 63.9 Å². The molecule has 0 bridgehead atoms. The summed E-state index contributed by atoms with van der Waals surface area (Å²) in [4.78, 5) is 71.4. The maximum atomic E-state index is 14.0. The number of aromatic nitrogens is 18. The molecule has 118 heavy (non-hydrogen) atoms. The van der Waals surface area contributed by atoms with Crippen LogP contribution in [0.1, 0.15) is 126 Å². The van der Waals surface area contributed by atoms with Crippen LogP contribution in [0, 0.1) is 13.8 Å². The van der Waals surface area contributed by atoms with Gasteiger partial charge in [0.1, 0.15) is 107 Å². The number of ether oxygens (including phenoxy) is 5. The molecule has 1 aliphatic carbocycles. The topological polar surface area (TPSA) is 294 Å². The van der Waals surface area contributed by atoms with Crippen molar-refractivity contribution in [1.29, 1.82) is 0 Å². The van der Waals surface area contributed by atoms with Gasteiger partial charge < -0.3 is 63.3 Å². The third-order valence-electron chi connectivity index (χ3n) is 22.2. The zero-order valence-corrected chi connectivity index (χ0v) is 65.2. The van der Waals surface area contributed by atoms with E-state index in [4.69, 9.17) is 28.7 Å². The first kappa shape index (κ1) is 77.4. The number of benzene rings is 3. The van der Waals surface area contributed by atoms with Crippen LogP contribution in [0.2, 0.25) is 0 Å². The number of alkyl halides is 7. The van der Waals surface area contributed by atoms with Crippen LogP contribution < -0.4 is 38.4 Å². The fourth-order valence-electron chi connectivity index (χ4n) is 16.0. The summed E-state index contributed by atoms with van der Waals surface area (Å²) in [6.07, 6.45) is 8.57. The Morgan fingerprint density at radius 2 is 0.983 bits per heavy atom. The predicted octanol–water partition coefficient (Wildman–Crippen LogP) is 17.1. The Labute approximate surface area is 671 Å². The largest absolute Gasteiger partial charge is 0.497 e. The minimum atomic E-state index is -4.57. The number of anilines is 3. The summed E-state index contributed by atoms with van der Waals surface area (Å²) in [6.45, 7) is 10.8. The van der Waals surface area contributed by atoms with E-state index in [1.54, 1.807) is 93.9 Å². The summed E-state index contributed by atoms with van der Waals surface area (Å²) >= 11 is 0. The Hall–Kier alpha value is -13.2. The van der Waals surface area contributed by atoms with Crippen molar-refractivity contribution in [3.05, 3.63) is 204 Å². The number of allylic oxidation sites excluding steroid dienone is 1. The normalized spacial score (nSPS) is 15.7. The highest BCUT2D eigenvalue weighted by molar-refractivity contribution is 5.94. The van der Waals surface area contributed by atoms with E-state index in [2.05, 4.69) is 108 Å². The molecule has 11 aromatic heterocycles. The van der Waals surface area contributed by atoms with Crippen molar-refractivity contribution >= 4 is 51.2 Å². The average Bonchev–Trinajstić information content (AvgIpc) is 1.64. The molecule has 19 rings (SSSR count). The van der Waals surface area contributed by atoms with Gasteiger partial charge in [-0.05, 0) is 126 Å². The second-order valence-corrected chi connectivity index (χ2v) is 29.7. The number of aryl methyl sites for hydroxylation is 2. The van der Waals surface area contributed by atoms with Crippen LogP contribution in [0.5, 0.6) is 29.0 Å². The first-order valence-electron chi connectivity index (χ1n) is 38.9. The molecular formula is C85H82F7N21O5. The van der Waals surface area contributed by atoms with E-state index >= 15 is 0 Å². The average molecular weight is 1610 g/mol. The molecular weight excluding hydrogens is 1530 g/mol. The zero-order valence-electron chi connectivity index (χ0n) is 65.2. The second-order valence-electron chi connectivity index (χ2n) is 29.7. The van der Waals surface area contributed by atoms with Gasteiger partial charge in [0.05, 0.1) is 49.7 Å². The molecule has 3 fully saturated rings. The van der Waals surface area contributed by atoms with Gasteiger partial charge in [0.2, 0.25) is 11.8 Å². The van der Waals surface area contributed by atoms with Crippen LogP contribution in [0.25, 0.3) is 90.0 Å². The van der Waals surface area contributed by atoms with Gasteiger partial charge in [-0.1, -0.05) is 42.0 Å². The number of nitrogens with one attached hydrogen (secondary N) is 5. The molecule has 3 saturated heterocycles. The molecule has 0 spiro atoms. The number of pyridine rings is 2. The van der Waals surface area contributed by atoms with Gasteiger partial charge in [0.15, 0.2) is 17.8 Å². The molecule has 0 amide bonds. The Morgan fingerprint density at radius 3 is 1.52 bits per heavy atom. The van der Waals surface area contributed by atoms with Crippen molar-refractivity contribution in [1.82, 2.24) is 89.5 Å². The van der Waals surface area contributed by atoms with Gasteiger partial charge in [0.25, 0.3) is 0 Å². The Balaban J connectivity index is 0.000000127. The third kappa shape index (κ3) is 16.0. The minimum Gasteiger partial charge on any atom is -0.497 e. The molecule has 1 unspecified atom stereocenters. The highest BCUT2D eigenvalue weighted by Crippen LogP contribution is 2.45. The Bertz CT molecular complexity index is 5980. The number of aromatic amines is 5. The Kier molecular flexibility index (Phi) is 21.3. The van der Waals surface area contributed by atoms with Crippen molar-refractivity contribution < 1.29 is 54.4 Å². The number of imidazole rings is 3. The summed E-state index contributed by atoms with van der Waals surface area (Å²) in [5, 5.41) is 5.89. The fourth-order valence-corrected chi connectivity index (χ4v) is 16.0. The lowest BCUT2D eigenvalue weighted by atomic mass is 9.96. The molecule has 1 atom stereocenters. The highest BCUT2D eigenvalue weighted by Gasteiger charge is 2.41. The summed E-state index contributed by atoms with van der Waals surface area (Å²) in [7, 11) is 4.61. The molecule has 26 nitrogen and oxygen atoms in total.